The first-order valence-corrected chi connectivity index (χ1v) is 11.5. The Morgan fingerprint density at radius 3 is 2.00 bits per heavy atom. The monoisotopic (exact) mass is 443 g/mol. The third-order valence-electron chi connectivity index (χ3n) is 5.04. The first-order chi connectivity index (χ1) is 14.3. The Bertz CT molecular complexity index is 1000. The standard InChI is InChI=1S/C25H27ClFNOS/c1-15(2)24-21(13-29)23(17-5-7-18(26)8-6-17)22(25(28-24)16(3)4)14-30-20-11-9-19(27)10-12-20/h5-12,15-16,29H,13-14H2,1-4H3. The second kappa shape index (κ2) is 9.95. The number of hydrogen-bond acceptors (Lipinski definition) is 3. The Morgan fingerprint density at radius 2 is 1.47 bits per heavy atom. The van der Waals surface area contributed by atoms with Gasteiger partial charge in [-0.05, 0) is 64.9 Å². The van der Waals surface area contributed by atoms with Gasteiger partial charge < -0.3 is 5.11 Å². The van der Waals surface area contributed by atoms with Gasteiger partial charge in [-0.1, -0.05) is 51.4 Å². The second-order valence-electron chi connectivity index (χ2n) is 7.93. The van der Waals surface area contributed by atoms with Crippen LogP contribution in [0, 0.1) is 5.82 Å². The van der Waals surface area contributed by atoms with Crippen LogP contribution >= 0.6 is 23.4 Å². The minimum Gasteiger partial charge on any atom is -0.392 e. The molecule has 0 unspecified atom stereocenters. The Morgan fingerprint density at radius 1 is 0.900 bits per heavy atom. The molecule has 0 saturated carbocycles. The van der Waals surface area contributed by atoms with Crippen LogP contribution in [0.3, 0.4) is 0 Å². The summed E-state index contributed by atoms with van der Waals surface area (Å²) in [5, 5.41) is 11.0. The molecule has 1 N–H and O–H groups in total. The van der Waals surface area contributed by atoms with E-state index in [9.17, 15) is 9.50 Å². The summed E-state index contributed by atoms with van der Waals surface area (Å²) in [6, 6.07) is 14.3. The molecule has 0 bridgehead atoms. The van der Waals surface area contributed by atoms with E-state index in [-0.39, 0.29) is 24.3 Å². The highest BCUT2D eigenvalue weighted by molar-refractivity contribution is 7.98. The summed E-state index contributed by atoms with van der Waals surface area (Å²) >= 11 is 7.78. The number of rotatable bonds is 7. The van der Waals surface area contributed by atoms with E-state index in [2.05, 4.69) is 27.7 Å². The second-order valence-corrected chi connectivity index (χ2v) is 9.42. The van der Waals surface area contributed by atoms with Crippen LogP contribution in [0.15, 0.2) is 53.4 Å². The summed E-state index contributed by atoms with van der Waals surface area (Å²) in [5.74, 6) is 0.851. The highest BCUT2D eigenvalue weighted by atomic mass is 35.5. The van der Waals surface area contributed by atoms with Gasteiger partial charge in [-0.3, -0.25) is 4.98 Å². The summed E-state index contributed by atoms with van der Waals surface area (Å²) < 4.78 is 13.3. The van der Waals surface area contributed by atoms with E-state index >= 15 is 0 Å². The number of pyridine rings is 1. The molecular formula is C25H27ClFNOS. The molecule has 1 heterocycles. The number of nitrogens with zero attached hydrogens (tertiary/aromatic N) is 1. The van der Waals surface area contributed by atoms with Crippen LogP contribution in [-0.4, -0.2) is 10.1 Å². The van der Waals surface area contributed by atoms with Crippen molar-refractivity contribution >= 4 is 23.4 Å². The molecule has 0 aliphatic heterocycles. The van der Waals surface area contributed by atoms with Crippen molar-refractivity contribution in [2.45, 2.75) is 56.8 Å². The molecule has 0 spiro atoms. The van der Waals surface area contributed by atoms with Crippen LogP contribution in [-0.2, 0) is 12.4 Å². The predicted molar refractivity (Wildman–Crippen MR) is 125 cm³/mol. The van der Waals surface area contributed by atoms with Crippen molar-refractivity contribution in [2.24, 2.45) is 0 Å². The highest BCUT2D eigenvalue weighted by Gasteiger charge is 2.23. The largest absolute Gasteiger partial charge is 0.392 e. The van der Waals surface area contributed by atoms with Gasteiger partial charge in [0.15, 0.2) is 0 Å². The molecule has 0 atom stereocenters. The average molecular weight is 444 g/mol. The first-order valence-electron chi connectivity index (χ1n) is 10.1. The number of aliphatic hydroxyl groups excluding tert-OH is 1. The van der Waals surface area contributed by atoms with E-state index in [1.54, 1.807) is 23.9 Å². The zero-order valence-electron chi connectivity index (χ0n) is 17.7. The van der Waals surface area contributed by atoms with Gasteiger partial charge in [-0.25, -0.2) is 4.39 Å². The van der Waals surface area contributed by atoms with Crippen LogP contribution < -0.4 is 0 Å². The van der Waals surface area contributed by atoms with Crippen molar-refractivity contribution in [2.75, 3.05) is 0 Å². The Balaban J connectivity index is 2.20. The third kappa shape index (κ3) is 5.05. The molecule has 1 aromatic heterocycles. The van der Waals surface area contributed by atoms with Crippen LogP contribution in [0.1, 0.15) is 62.0 Å². The Labute approximate surface area is 187 Å². The smallest absolute Gasteiger partial charge is 0.123 e. The molecular weight excluding hydrogens is 417 g/mol. The molecule has 30 heavy (non-hydrogen) atoms. The van der Waals surface area contributed by atoms with Gasteiger partial charge in [0.1, 0.15) is 5.82 Å². The molecule has 0 aliphatic carbocycles. The summed E-state index contributed by atoms with van der Waals surface area (Å²) in [5.41, 5.74) is 5.99. The number of hydrogen-bond donors (Lipinski definition) is 1. The molecule has 0 aliphatic rings. The molecule has 0 saturated heterocycles. The number of aliphatic hydroxyl groups is 1. The number of thioether (sulfide) groups is 1. The maximum Gasteiger partial charge on any atom is 0.123 e. The minimum atomic E-state index is -0.241. The zero-order chi connectivity index (χ0) is 21.8. The van der Waals surface area contributed by atoms with Gasteiger partial charge in [-0.2, -0.15) is 0 Å². The lowest BCUT2D eigenvalue weighted by Gasteiger charge is -2.24. The molecule has 3 rings (SSSR count). The fourth-order valence-corrected chi connectivity index (χ4v) is 4.67. The molecule has 0 fully saturated rings. The average Bonchev–Trinajstić information content (AvgIpc) is 2.72. The summed E-state index contributed by atoms with van der Waals surface area (Å²) in [4.78, 5) is 6.01. The van der Waals surface area contributed by atoms with Crippen LogP contribution in [0.2, 0.25) is 5.02 Å². The van der Waals surface area contributed by atoms with E-state index in [0.717, 1.165) is 38.5 Å². The highest BCUT2D eigenvalue weighted by Crippen LogP contribution is 2.39. The van der Waals surface area contributed by atoms with E-state index in [1.807, 2.05) is 24.3 Å². The van der Waals surface area contributed by atoms with E-state index in [4.69, 9.17) is 16.6 Å². The van der Waals surface area contributed by atoms with Gasteiger partial charge in [0.25, 0.3) is 0 Å². The van der Waals surface area contributed by atoms with Gasteiger partial charge in [-0.15, -0.1) is 11.8 Å². The minimum absolute atomic E-state index is 0.0783. The normalized spacial score (nSPS) is 11.5. The summed E-state index contributed by atoms with van der Waals surface area (Å²) in [7, 11) is 0. The van der Waals surface area contributed by atoms with Crippen LogP contribution in [0.4, 0.5) is 4.39 Å². The van der Waals surface area contributed by atoms with Gasteiger partial charge in [0, 0.05) is 32.6 Å². The number of benzene rings is 2. The molecule has 2 aromatic carbocycles. The van der Waals surface area contributed by atoms with Crippen molar-refractivity contribution in [1.82, 2.24) is 4.98 Å². The lowest BCUT2D eigenvalue weighted by Crippen LogP contribution is -2.12. The fraction of sp³-hybridized carbons (Fsp3) is 0.320. The number of halogens is 2. The van der Waals surface area contributed by atoms with Crippen molar-refractivity contribution in [3.8, 4) is 11.1 Å². The molecule has 0 amide bonds. The molecule has 3 aromatic rings. The maximum absolute atomic E-state index is 13.3. The molecule has 2 nitrogen and oxygen atoms in total. The van der Waals surface area contributed by atoms with E-state index in [0.29, 0.717) is 10.8 Å². The molecule has 0 radical (unpaired) electrons. The SMILES string of the molecule is CC(C)c1nc(C(C)C)c(CSc2ccc(F)cc2)c(-c2ccc(Cl)cc2)c1CO. The first kappa shape index (κ1) is 22.8. The quantitative estimate of drug-likeness (QED) is 0.382. The van der Waals surface area contributed by atoms with Crippen molar-refractivity contribution in [3.63, 3.8) is 0 Å². The van der Waals surface area contributed by atoms with Crippen molar-refractivity contribution < 1.29 is 9.50 Å². The van der Waals surface area contributed by atoms with Crippen molar-refractivity contribution in [3.05, 3.63) is 81.9 Å². The zero-order valence-corrected chi connectivity index (χ0v) is 19.3. The lowest BCUT2D eigenvalue weighted by atomic mass is 9.88. The molecule has 158 valence electrons. The third-order valence-corrected chi connectivity index (χ3v) is 6.33. The van der Waals surface area contributed by atoms with E-state index in [1.165, 1.54) is 12.1 Å². The van der Waals surface area contributed by atoms with Crippen LogP contribution in [0.5, 0.6) is 0 Å². The lowest BCUT2D eigenvalue weighted by molar-refractivity contribution is 0.279. The van der Waals surface area contributed by atoms with Crippen molar-refractivity contribution in [1.29, 1.82) is 0 Å². The number of aromatic nitrogens is 1. The topological polar surface area (TPSA) is 33.1 Å². The predicted octanol–water partition coefficient (Wildman–Crippen LogP) is 7.57. The van der Waals surface area contributed by atoms with Gasteiger partial charge in [0.2, 0.25) is 0 Å². The van der Waals surface area contributed by atoms with Gasteiger partial charge >= 0.3 is 0 Å². The summed E-state index contributed by atoms with van der Waals surface area (Å²) in [6.45, 7) is 8.41. The Kier molecular flexibility index (Phi) is 7.56. The summed E-state index contributed by atoms with van der Waals surface area (Å²) in [6.07, 6.45) is 0. The van der Waals surface area contributed by atoms with Gasteiger partial charge in [0.05, 0.1) is 6.61 Å². The van der Waals surface area contributed by atoms with Crippen LogP contribution in [0.25, 0.3) is 11.1 Å². The maximum atomic E-state index is 13.3. The molecule has 5 heteroatoms. The Hall–Kier alpha value is -1.88. The van der Waals surface area contributed by atoms with E-state index < -0.39 is 0 Å². The fourth-order valence-electron chi connectivity index (χ4n) is 3.62.